The van der Waals surface area contributed by atoms with Crippen LogP contribution in [0.4, 0.5) is 0 Å². The van der Waals surface area contributed by atoms with Gasteiger partial charge in [-0.15, -0.1) is 0 Å². The van der Waals surface area contributed by atoms with Crippen molar-refractivity contribution >= 4 is 16.0 Å². The molecule has 20 heavy (non-hydrogen) atoms. The second-order valence-electron chi connectivity index (χ2n) is 6.00. The van der Waals surface area contributed by atoms with Crippen molar-refractivity contribution in [1.29, 1.82) is 0 Å². The lowest BCUT2D eigenvalue weighted by atomic mass is 10.2. The molecule has 0 rings (SSSR count). The van der Waals surface area contributed by atoms with Crippen LogP contribution in [0.1, 0.15) is 20.3 Å². The molecule has 0 radical (unpaired) electrons. The maximum absolute atomic E-state index is 11.7. The molecule has 0 aromatic heterocycles. The first-order valence-electron chi connectivity index (χ1n) is 6.56. The van der Waals surface area contributed by atoms with E-state index in [-0.39, 0.29) is 5.91 Å². The number of nitrogens with zero attached hydrogens (tertiary/aromatic N) is 2. The predicted molar refractivity (Wildman–Crippen MR) is 79.9 cm³/mol. The summed E-state index contributed by atoms with van der Waals surface area (Å²) < 4.78 is 31.4. The lowest BCUT2D eigenvalue weighted by molar-refractivity contribution is -0.889. The fourth-order valence-electron chi connectivity index (χ4n) is 1.64. The van der Waals surface area contributed by atoms with E-state index in [1.807, 2.05) is 14.1 Å². The Kier molecular flexibility index (Phi) is 6.86. The number of likely N-dealkylation sites (N-methyl/N-ethyl adjacent to an activating group) is 2. The summed E-state index contributed by atoms with van der Waals surface area (Å²) in [6, 6.07) is 0. The molecule has 1 atom stereocenters. The Balaban J connectivity index is 4.33. The molecule has 1 N–H and O–H groups in total. The van der Waals surface area contributed by atoms with Gasteiger partial charge in [0, 0.05) is 19.0 Å². The first-order valence-corrected chi connectivity index (χ1v) is 8.06. The van der Waals surface area contributed by atoms with Crippen LogP contribution >= 0.6 is 0 Å². The van der Waals surface area contributed by atoms with E-state index in [4.69, 9.17) is 4.55 Å². The second kappa shape index (κ2) is 7.19. The Labute approximate surface area is 122 Å². The molecule has 0 spiro atoms. The molecule has 0 bridgehead atoms. The zero-order valence-electron chi connectivity index (χ0n) is 13.1. The van der Waals surface area contributed by atoms with Gasteiger partial charge in [-0.3, -0.25) is 9.35 Å². The first kappa shape index (κ1) is 19.1. The number of carbonyl (C=O) groups excluding carboxylic acids is 1. The minimum absolute atomic E-state index is 0.0868. The summed E-state index contributed by atoms with van der Waals surface area (Å²) in [4.78, 5) is 13.3. The van der Waals surface area contributed by atoms with Crippen molar-refractivity contribution in [1.82, 2.24) is 4.90 Å². The Bertz CT molecular complexity index is 457. The average Bonchev–Trinajstić information content (AvgIpc) is 2.30. The largest absolute Gasteiger partial charge is 0.336 e. The molecule has 6 nitrogen and oxygen atoms in total. The quantitative estimate of drug-likeness (QED) is 0.408. The molecule has 1 unspecified atom stereocenters. The number of hydrogen-bond donors (Lipinski definition) is 1. The SMILES string of the molecule is C=C(C)C(=O)N(C)CC[N+](C)(C)CCC(C)S(=O)(=O)O. The highest BCUT2D eigenvalue weighted by molar-refractivity contribution is 7.86. The number of rotatable bonds is 8. The molecule has 0 saturated carbocycles. The van der Waals surface area contributed by atoms with E-state index >= 15 is 0 Å². The van der Waals surface area contributed by atoms with Gasteiger partial charge in [0.2, 0.25) is 5.91 Å². The normalized spacial score (nSPS) is 13.9. The Hall–Kier alpha value is -0.920. The molecular formula is C13H27N2O4S+. The van der Waals surface area contributed by atoms with Gasteiger partial charge in [0.25, 0.3) is 10.1 Å². The Morgan fingerprint density at radius 2 is 1.85 bits per heavy atom. The zero-order valence-corrected chi connectivity index (χ0v) is 13.9. The topological polar surface area (TPSA) is 74.7 Å². The molecule has 0 aromatic carbocycles. The molecule has 0 aliphatic heterocycles. The van der Waals surface area contributed by atoms with Crippen molar-refractivity contribution in [2.75, 3.05) is 40.8 Å². The van der Waals surface area contributed by atoms with E-state index in [9.17, 15) is 13.2 Å². The average molecular weight is 307 g/mol. The minimum Gasteiger partial charge on any atom is -0.336 e. The van der Waals surface area contributed by atoms with Crippen molar-refractivity contribution in [3.63, 3.8) is 0 Å². The van der Waals surface area contributed by atoms with Gasteiger partial charge in [-0.2, -0.15) is 8.42 Å². The third-order valence-corrected chi connectivity index (χ3v) is 4.65. The number of quaternary nitrogens is 1. The van der Waals surface area contributed by atoms with Crippen molar-refractivity contribution < 1.29 is 22.2 Å². The molecule has 118 valence electrons. The van der Waals surface area contributed by atoms with Gasteiger partial charge in [0.15, 0.2) is 0 Å². The van der Waals surface area contributed by atoms with Crippen molar-refractivity contribution in [3.8, 4) is 0 Å². The van der Waals surface area contributed by atoms with Crippen LogP contribution in [0.25, 0.3) is 0 Å². The van der Waals surface area contributed by atoms with Gasteiger partial charge in [0.1, 0.15) is 0 Å². The van der Waals surface area contributed by atoms with Crippen LogP contribution in [-0.4, -0.2) is 74.3 Å². The monoisotopic (exact) mass is 307 g/mol. The molecule has 1 amide bonds. The molecule has 0 heterocycles. The minimum atomic E-state index is -3.97. The van der Waals surface area contributed by atoms with E-state index < -0.39 is 15.4 Å². The smallest absolute Gasteiger partial charge is 0.267 e. The van der Waals surface area contributed by atoms with Gasteiger partial charge in [-0.05, 0) is 13.8 Å². The maximum atomic E-state index is 11.7. The van der Waals surface area contributed by atoms with Crippen LogP contribution in [0, 0.1) is 0 Å². The van der Waals surface area contributed by atoms with E-state index in [0.717, 1.165) is 0 Å². The van der Waals surface area contributed by atoms with E-state index in [2.05, 4.69) is 6.58 Å². The van der Waals surface area contributed by atoms with Crippen LogP contribution < -0.4 is 0 Å². The fourth-order valence-corrected chi connectivity index (χ4v) is 2.04. The zero-order chi connectivity index (χ0) is 16.1. The summed E-state index contributed by atoms with van der Waals surface area (Å²) in [5, 5.41) is -0.769. The molecule has 0 saturated heterocycles. The van der Waals surface area contributed by atoms with Crippen LogP contribution in [0.2, 0.25) is 0 Å². The molecule has 0 fully saturated rings. The Morgan fingerprint density at radius 1 is 1.35 bits per heavy atom. The summed E-state index contributed by atoms with van der Waals surface area (Å²) in [6.07, 6.45) is 0.379. The van der Waals surface area contributed by atoms with Crippen LogP contribution in [0.5, 0.6) is 0 Å². The molecule has 0 aromatic rings. The van der Waals surface area contributed by atoms with E-state index in [1.54, 1.807) is 18.9 Å². The summed E-state index contributed by atoms with van der Waals surface area (Å²) in [5.74, 6) is -0.0868. The first-order chi connectivity index (χ1) is 8.87. The van der Waals surface area contributed by atoms with Crippen LogP contribution in [-0.2, 0) is 14.9 Å². The molecule has 0 aliphatic rings. The van der Waals surface area contributed by atoms with Gasteiger partial charge in [-0.25, -0.2) is 0 Å². The lowest BCUT2D eigenvalue weighted by Crippen LogP contribution is -2.47. The summed E-state index contributed by atoms with van der Waals surface area (Å²) >= 11 is 0. The number of amides is 1. The van der Waals surface area contributed by atoms with Crippen LogP contribution in [0.3, 0.4) is 0 Å². The summed E-state index contributed by atoms with van der Waals surface area (Å²) in [5.41, 5.74) is 0.498. The van der Waals surface area contributed by atoms with Gasteiger partial charge in [0.05, 0.1) is 39.0 Å². The molecule has 7 heteroatoms. The van der Waals surface area contributed by atoms with Gasteiger partial charge in [-0.1, -0.05) is 6.58 Å². The Morgan fingerprint density at radius 3 is 2.25 bits per heavy atom. The molecular weight excluding hydrogens is 280 g/mol. The van der Waals surface area contributed by atoms with Gasteiger partial charge < -0.3 is 9.38 Å². The standard InChI is InChI=1S/C13H26N2O4S/c1-11(2)13(16)14(4)8-10-15(5,6)9-7-12(3)20(17,18)19/h12H,1,7-10H2,2-6H3/p+1. The highest BCUT2D eigenvalue weighted by Crippen LogP contribution is 2.08. The maximum Gasteiger partial charge on any atom is 0.267 e. The van der Waals surface area contributed by atoms with Crippen molar-refractivity contribution in [2.45, 2.75) is 25.5 Å². The van der Waals surface area contributed by atoms with Crippen molar-refractivity contribution in [3.05, 3.63) is 12.2 Å². The summed E-state index contributed by atoms with van der Waals surface area (Å²) in [6.45, 7) is 8.66. The highest BCUT2D eigenvalue weighted by Gasteiger charge is 2.23. The summed E-state index contributed by atoms with van der Waals surface area (Å²) in [7, 11) is 1.69. The lowest BCUT2D eigenvalue weighted by Gasteiger charge is -2.32. The van der Waals surface area contributed by atoms with E-state index in [1.165, 1.54) is 6.92 Å². The highest BCUT2D eigenvalue weighted by atomic mass is 32.2. The fraction of sp³-hybridized carbons (Fsp3) is 0.769. The number of carbonyl (C=O) groups is 1. The van der Waals surface area contributed by atoms with Gasteiger partial charge >= 0.3 is 0 Å². The van der Waals surface area contributed by atoms with E-state index in [0.29, 0.717) is 36.1 Å². The number of hydrogen-bond acceptors (Lipinski definition) is 3. The van der Waals surface area contributed by atoms with Crippen LogP contribution in [0.15, 0.2) is 12.2 Å². The predicted octanol–water partition coefficient (Wildman–Crippen LogP) is 0.764. The third-order valence-electron chi connectivity index (χ3n) is 3.40. The third kappa shape index (κ3) is 7.02. The van der Waals surface area contributed by atoms with Crippen molar-refractivity contribution in [2.24, 2.45) is 0 Å². The second-order valence-corrected chi connectivity index (χ2v) is 7.84. The molecule has 0 aliphatic carbocycles.